The number of nitrogens with zero attached hydrogens (tertiary/aromatic N) is 3. The number of hydrogen-bond acceptors (Lipinski definition) is 6. The Morgan fingerprint density at radius 1 is 1.13 bits per heavy atom. The fourth-order valence-electron chi connectivity index (χ4n) is 4.29. The van der Waals surface area contributed by atoms with E-state index in [2.05, 4.69) is 15.5 Å². The highest BCUT2D eigenvalue weighted by Gasteiger charge is 2.33. The summed E-state index contributed by atoms with van der Waals surface area (Å²) >= 11 is 0. The molecule has 0 atom stereocenters. The lowest BCUT2D eigenvalue weighted by Crippen LogP contribution is -2.45. The number of aryl methyl sites for hydroxylation is 1. The molecule has 2 aromatic rings. The van der Waals surface area contributed by atoms with E-state index in [1.807, 2.05) is 0 Å². The molecule has 1 saturated carbocycles. The van der Waals surface area contributed by atoms with Gasteiger partial charge in [0, 0.05) is 37.5 Å². The molecule has 1 aromatic heterocycles. The molecule has 1 aliphatic heterocycles. The van der Waals surface area contributed by atoms with Crippen LogP contribution in [0.15, 0.2) is 33.7 Å². The Bertz CT molecular complexity index is 990. The summed E-state index contributed by atoms with van der Waals surface area (Å²) < 4.78 is 32.7. The Balaban J connectivity index is 1.39. The summed E-state index contributed by atoms with van der Waals surface area (Å²) in [6.45, 7) is 2.37. The molecule has 30 heavy (non-hydrogen) atoms. The summed E-state index contributed by atoms with van der Waals surface area (Å²) in [6.07, 6.45) is 6.78. The van der Waals surface area contributed by atoms with Crippen molar-refractivity contribution in [3.63, 3.8) is 0 Å². The summed E-state index contributed by atoms with van der Waals surface area (Å²) in [4.78, 5) is 17.0. The van der Waals surface area contributed by atoms with Crippen LogP contribution >= 0.6 is 0 Å². The van der Waals surface area contributed by atoms with Gasteiger partial charge in [0.25, 0.3) is 0 Å². The maximum Gasteiger partial charge on any atom is 0.243 e. The number of amides is 1. The summed E-state index contributed by atoms with van der Waals surface area (Å²) in [7, 11) is -3.65. The summed E-state index contributed by atoms with van der Waals surface area (Å²) in [5.41, 5.74) is 0.592. The molecule has 1 aromatic carbocycles. The maximum absolute atomic E-state index is 13.1. The molecular formula is C21H28N4O4S. The fraction of sp³-hybridized carbons (Fsp3) is 0.571. The number of hydrogen-bond donors (Lipinski definition) is 1. The molecule has 9 heteroatoms. The molecule has 2 heterocycles. The van der Waals surface area contributed by atoms with Crippen molar-refractivity contribution in [2.45, 2.75) is 62.8 Å². The molecule has 1 amide bonds. The second-order valence-corrected chi connectivity index (χ2v) is 10.1. The second kappa shape index (κ2) is 8.85. The number of sulfonamides is 1. The first kappa shape index (κ1) is 21.0. The van der Waals surface area contributed by atoms with Gasteiger partial charge >= 0.3 is 0 Å². The predicted octanol–water partition coefficient (Wildman–Crippen LogP) is 2.89. The van der Waals surface area contributed by atoms with Crippen LogP contribution in [0.25, 0.3) is 11.4 Å². The number of rotatable bonds is 5. The SMILES string of the molecule is Cc1nc(-c2cccc(S(=O)(=O)N3CCC(C(=O)NC4CCCCC4)CC3)c2)no1. The first-order chi connectivity index (χ1) is 14.4. The normalized spacial score (nSPS) is 19.6. The van der Waals surface area contributed by atoms with Crippen LogP contribution in [0.4, 0.5) is 0 Å². The maximum atomic E-state index is 13.1. The van der Waals surface area contributed by atoms with Crippen molar-refractivity contribution in [1.82, 2.24) is 19.8 Å². The molecule has 0 spiro atoms. The number of nitrogens with one attached hydrogen (secondary N) is 1. The fourth-order valence-corrected chi connectivity index (χ4v) is 5.80. The molecule has 2 aliphatic rings. The van der Waals surface area contributed by atoms with E-state index in [1.54, 1.807) is 31.2 Å². The predicted molar refractivity (Wildman–Crippen MR) is 111 cm³/mol. The topological polar surface area (TPSA) is 105 Å². The van der Waals surface area contributed by atoms with Gasteiger partial charge in [0.15, 0.2) is 0 Å². The summed E-state index contributed by atoms with van der Waals surface area (Å²) in [6, 6.07) is 6.86. The van der Waals surface area contributed by atoms with E-state index in [1.165, 1.54) is 23.6 Å². The van der Waals surface area contributed by atoms with Gasteiger partial charge in [-0.25, -0.2) is 8.42 Å². The van der Waals surface area contributed by atoms with Crippen LogP contribution in [0.1, 0.15) is 50.8 Å². The van der Waals surface area contributed by atoms with Crippen LogP contribution < -0.4 is 5.32 Å². The van der Waals surface area contributed by atoms with Gasteiger partial charge in [-0.15, -0.1) is 0 Å². The average Bonchev–Trinajstić information content (AvgIpc) is 3.21. The van der Waals surface area contributed by atoms with Crippen molar-refractivity contribution in [2.24, 2.45) is 5.92 Å². The average molecular weight is 433 g/mol. The Labute approximate surface area is 177 Å². The van der Waals surface area contributed by atoms with E-state index in [0.717, 1.165) is 12.8 Å². The molecule has 1 saturated heterocycles. The van der Waals surface area contributed by atoms with E-state index < -0.39 is 10.0 Å². The molecule has 162 valence electrons. The lowest BCUT2D eigenvalue weighted by atomic mass is 9.93. The molecule has 0 unspecified atom stereocenters. The molecule has 0 bridgehead atoms. The van der Waals surface area contributed by atoms with E-state index >= 15 is 0 Å². The van der Waals surface area contributed by atoms with Crippen LogP contribution in [0.3, 0.4) is 0 Å². The Kier molecular flexibility index (Phi) is 6.19. The first-order valence-corrected chi connectivity index (χ1v) is 12.1. The molecule has 8 nitrogen and oxygen atoms in total. The van der Waals surface area contributed by atoms with Gasteiger partial charge in [-0.2, -0.15) is 9.29 Å². The van der Waals surface area contributed by atoms with Gasteiger partial charge in [-0.05, 0) is 37.8 Å². The highest BCUT2D eigenvalue weighted by Crippen LogP contribution is 2.27. The lowest BCUT2D eigenvalue weighted by molar-refractivity contribution is -0.127. The zero-order chi connectivity index (χ0) is 21.1. The van der Waals surface area contributed by atoms with E-state index in [9.17, 15) is 13.2 Å². The molecule has 1 N–H and O–H groups in total. The summed E-state index contributed by atoms with van der Waals surface area (Å²) in [5, 5.41) is 7.03. The van der Waals surface area contributed by atoms with Crippen molar-refractivity contribution < 1.29 is 17.7 Å². The first-order valence-electron chi connectivity index (χ1n) is 10.6. The standard InChI is InChI=1S/C21H28N4O4S/c1-15-22-20(24-29-15)17-6-5-9-19(14-17)30(27,28)25-12-10-16(11-13-25)21(26)23-18-7-3-2-4-8-18/h5-6,9,14,16,18H,2-4,7-8,10-13H2,1H3,(H,23,26). The molecule has 0 radical (unpaired) electrons. The minimum Gasteiger partial charge on any atom is -0.353 e. The zero-order valence-corrected chi connectivity index (χ0v) is 18.0. The minimum atomic E-state index is -3.65. The number of carbonyl (C=O) groups is 1. The van der Waals surface area contributed by atoms with Crippen LogP contribution in [0, 0.1) is 12.8 Å². The van der Waals surface area contributed by atoms with Crippen molar-refractivity contribution in [1.29, 1.82) is 0 Å². The third-order valence-electron chi connectivity index (χ3n) is 6.03. The number of carbonyl (C=O) groups excluding carboxylic acids is 1. The molecule has 2 fully saturated rings. The van der Waals surface area contributed by atoms with Gasteiger partial charge < -0.3 is 9.84 Å². The molecule has 4 rings (SSSR count). The largest absolute Gasteiger partial charge is 0.353 e. The van der Waals surface area contributed by atoms with Gasteiger partial charge in [0.2, 0.25) is 27.6 Å². The van der Waals surface area contributed by atoms with Crippen LogP contribution in [0.5, 0.6) is 0 Å². The highest BCUT2D eigenvalue weighted by atomic mass is 32.2. The van der Waals surface area contributed by atoms with Crippen molar-refractivity contribution in [3.05, 3.63) is 30.2 Å². The van der Waals surface area contributed by atoms with Crippen molar-refractivity contribution >= 4 is 15.9 Å². The Hall–Kier alpha value is -2.26. The highest BCUT2D eigenvalue weighted by molar-refractivity contribution is 7.89. The zero-order valence-electron chi connectivity index (χ0n) is 17.2. The van der Waals surface area contributed by atoms with E-state index in [-0.39, 0.29) is 22.8 Å². The number of benzene rings is 1. The van der Waals surface area contributed by atoms with Crippen molar-refractivity contribution in [3.8, 4) is 11.4 Å². The minimum absolute atomic E-state index is 0.0772. The van der Waals surface area contributed by atoms with Gasteiger partial charge in [0.1, 0.15) is 0 Å². The number of piperidine rings is 1. The Morgan fingerprint density at radius 3 is 2.53 bits per heavy atom. The Morgan fingerprint density at radius 2 is 1.87 bits per heavy atom. The third-order valence-corrected chi connectivity index (χ3v) is 7.93. The third kappa shape index (κ3) is 4.57. The van der Waals surface area contributed by atoms with Gasteiger partial charge in [-0.1, -0.05) is 36.6 Å². The molecular weight excluding hydrogens is 404 g/mol. The van der Waals surface area contributed by atoms with Crippen LogP contribution in [-0.2, 0) is 14.8 Å². The van der Waals surface area contributed by atoms with Gasteiger partial charge in [0.05, 0.1) is 4.90 Å². The molecule has 1 aliphatic carbocycles. The van der Waals surface area contributed by atoms with E-state index in [0.29, 0.717) is 43.2 Å². The van der Waals surface area contributed by atoms with Gasteiger partial charge in [-0.3, -0.25) is 4.79 Å². The van der Waals surface area contributed by atoms with Crippen LogP contribution in [0.2, 0.25) is 0 Å². The van der Waals surface area contributed by atoms with E-state index in [4.69, 9.17) is 4.52 Å². The second-order valence-electron chi connectivity index (χ2n) is 8.19. The monoisotopic (exact) mass is 432 g/mol. The smallest absolute Gasteiger partial charge is 0.243 e. The van der Waals surface area contributed by atoms with Crippen molar-refractivity contribution in [2.75, 3.05) is 13.1 Å². The summed E-state index contributed by atoms with van der Waals surface area (Å²) in [5.74, 6) is 0.745. The quantitative estimate of drug-likeness (QED) is 0.779. The number of aromatic nitrogens is 2. The van der Waals surface area contributed by atoms with Crippen LogP contribution in [-0.4, -0.2) is 47.9 Å². The lowest BCUT2D eigenvalue weighted by Gasteiger charge is -2.32.